The second-order valence-corrected chi connectivity index (χ2v) is 14.0. The lowest BCUT2D eigenvalue weighted by Crippen LogP contribution is -2.83. The van der Waals surface area contributed by atoms with Gasteiger partial charge < -0.3 is 72.5 Å². The van der Waals surface area contributed by atoms with Gasteiger partial charge in [0.2, 0.25) is 0 Å². The van der Waals surface area contributed by atoms with Gasteiger partial charge in [0.1, 0.15) is 79.6 Å². The van der Waals surface area contributed by atoms with Gasteiger partial charge in [-0.2, -0.15) is 8.42 Å². The first-order valence-corrected chi connectivity index (χ1v) is 17.2. The third-order valence-corrected chi connectivity index (χ3v) is 10.0. The molecule has 0 amide bonds. The third-order valence-electron chi connectivity index (χ3n) is 8.75. The normalized spacial score (nSPS) is 43.7. The van der Waals surface area contributed by atoms with Crippen LogP contribution in [0.2, 0.25) is 0 Å². The number of unbranched alkanes of at least 4 members (excludes halogenated alkanes) is 5. The Hall–Kier alpha value is -0.650. The molecule has 2 saturated heterocycles. The van der Waals surface area contributed by atoms with E-state index in [9.17, 15) is 39.1 Å². The molecular weight excluding hydrogens is 608 g/mol. The topological polar surface area (TPSA) is 312 Å². The highest BCUT2D eigenvalue weighted by molar-refractivity contribution is 7.86. The largest absolute Gasteiger partial charge is 0.387 e. The van der Waals surface area contributed by atoms with Crippen molar-refractivity contribution in [2.45, 2.75) is 144 Å². The molecule has 3 rings (SSSR count). The van der Waals surface area contributed by atoms with Gasteiger partial charge in [0.25, 0.3) is 10.1 Å². The van der Waals surface area contributed by atoms with Crippen molar-refractivity contribution in [1.82, 2.24) is 0 Å². The Kier molecular flexibility index (Phi) is 14.6. The van der Waals surface area contributed by atoms with Crippen LogP contribution in [0.3, 0.4) is 0 Å². The van der Waals surface area contributed by atoms with E-state index in [1.165, 1.54) is 0 Å². The van der Waals surface area contributed by atoms with Crippen molar-refractivity contribution >= 4 is 10.1 Å². The van der Waals surface area contributed by atoms with Crippen LogP contribution in [0.5, 0.6) is 0 Å². The van der Waals surface area contributed by atoms with E-state index in [0.29, 0.717) is 6.42 Å². The number of aliphatic hydroxyl groups is 6. The fourth-order valence-corrected chi connectivity index (χ4v) is 6.93. The molecule has 0 aromatic heterocycles. The van der Waals surface area contributed by atoms with Crippen molar-refractivity contribution in [3.63, 3.8) is 0 Å². The molecule has 15 atom stereocenters. The molecule has 18 heteroatoms. The van der Waals surface area contributed by atoms with Crippen molar-refractivity contribution in [3.05, 3.63) is 0 Å². The molecule has 1 aliphatic carbocycles. The van der Waals surface area contributed by atoms with Crippen LogP contribution in [-0.4, -0.2) is 150 Å². The minimum absolute atomic E-state index is 0.0821. The molecule has 18 N–H and O–H groups in total. The van der Waals surface area contributed by atoms with E-state index in [-0.39, 0.29) is 18.7 Å². The predicted octanol–water partition coefficient (Wildman–Crippen LogP) is -7.44. The average Bonchev–Trinajstić information content (AvgIpc) is 2.98. The van der Waals surface area contributed by atoms with Crippen LogP contribution in [0.1, 0.15) is 51.9 Å². The minimum Gasteiger partial charge on any atom is -0.387 e. The maximum absolute atomic E-state index is 12.5. The molecule has 0 bridgehead atoms. The summed E-state index contributed by atoms with van der Waals surface area (Å²) in [6, 6.07) is -2.16. The maximum atomic E-state index is 12.5. The zero-order valence-corrected chi connectivity index (χ0v) is 26.3. The molecule has 260 valence electrons. The summed E-state index contributed by atoms with van der Waals surface area (Å²) in [5.74, 6) is -0.172. The quantitative estimate of drug-likeness (QED) is 0.0575. The summed E-state index contributed by atoms with van der Waals surface area (Å²) >= 11 is 0. The lowest BCUT2D eigenvalue weighted by atomic mass is 9.84. The highest BCUT2D eigenvalue weighted by Crippen LogP contribution is 2.30. The second kappa shape index (κ2) is 17.0. The van der Waals surface area contributed by atoms with E-state index in [4.69, 9.17) is 23.1 Å². The molecule has 17 nitrogen and oxygen atoms in total. The van der Waals surface area contributed by atoms with Crippen LogP contribution in [0, 0.1) is 0 Å². The fourth-order valence-electron chi connectivity index (χ4n) is 5.91. The van der Waals surface area contributed by atoms with Gasteiger partial charge in [-0.25, -0.2) is 0 Å². The molecule has 7 unspecified atom stereocenters. The van der Waals surface area contributed by atoms with E-state index in [1.54, 1.807) is 0 Å². The first-order chi connectivity index (χ1) is 20.7. The number of hydrogen-bond acceptors (Lipinski definition) is 13. The molecule has 3 fully saturated rings. The number of rotatable bonds is 15. The molecule has 2 aliphatic heterocycles. The van der Waals surface area contributed by atoms with E-state index >= 15 is 0 Å². The minimum atomic E-state index is -3.89. The molecule has 0 spiro atoms. The second-order valence-electron chi connectivity index (χ2n) is 12.3. The molecule has 0 radical (unpaired) electrons. The molecule has 2 heterocycles. The van der Waals surface area contributed by atoms with Gasteiger partial charge in [-0.1, -0.05) is 39.0 Å². The van der Waals surface area contributed by atoms with Gasteiger partial charge >= 0.3 is 0 Å². The number of ether oxygens (including phenoxy) is 4. The third kappa shape index (κ3) is 9.46. The van der Waals surface area contributed by atoms with Gasteiger partial charge in [-0.05, 0) is 6.42 Å². The smallest absolute Gasteiger partial charge is 0.267 e. The maximum Gasteiger partial charge on any atom is 0.267 e. The zero-order chi connectivity index (χ0) is 32.8. The van der Waals surface area contributed by atoms with E-state index in [0.717, 1.165) is 32.1 Å². The van der Waals surface area contributed by atoms with Crippen molar-refractivity contribution in [2.24, 2.45) is 0 Å². The summed E-state index contributed by atoms with van der Waals surface area (Å²) in [7, 11) is -3.89. The van der Waals surface area contributed by atoms with Crippen LogP contribution in [0.4, 0.5) is 0 Å². The Labute approximate surface area is 257 Å². The van der Waals surface area contributed by atoms with Crippen molar-refractivity contribution in [1.29, 1.82) is 0 Å². The van der Waals surface area contributed by atoms with E-state index in [2.05, 4.69) is 29.9 Å². The predicted molar refractivity (Wildman–Crippen MR) is 149 cm³/mol. The van der Waals surface area contributed by atoms with Crippen molar-refractivity contribution < 1.29 is 85.1 Å². The lowest BCUT2D eigenvalue weighted by Gasteiger charge is -2.45. The molecule has 3 aliphatic rings. The molecule has 44 heavy (non-hydrogen) atoms. The van der Waals surface area contributed by atoms with Crippen molar-refractivity contribution in [3.8, 4) is 0 Å². The van der Waals surface area contributed by atoms with Crippen LogP contribution in [0.15, 0.2) is 0 Å². The first-order valence-electron chi connectivity index (χ1n) is 15.6. The van der Waals surface area contributed by atoms with E-state index in [1.807, 2.05) is 0 Å². The number of aliphatic hydroxyl groups excluding tert-OH is 6. The van der Waals surface area contributed by atoms with Gasteiger partial charge in [-0.15, -0.1) is 0 Å². The summed E-state index contributed by atoms with van der Waals surface area (Å²) in [6.07, 6.45) is -10.3. The molecule has 1 saturated carbocycles. The van der Waals surface area contributed by atoms with Crippen LogP contribution >= 0.6 is 0 Å². The highest BCUT2D eigenvalue weighted by atomic mass is 32.2. The standard InChI is InChI=1S/C26H52N4O13S/c1-2-3-4-5-6-7-8-44(37,38)39-11-15-17(31)16(30)19(33)25(41-15)42-23-12(28)9-13(29)24(22(23)36)43-26-21(35)20(34)18(32)14(10-27)40-26/h12-26,31-36H,2-11,27-30H2,1H3/p+4/t12?,13?,14?,15-,16-,17?,18-,19-,20+,21?,22-,23-,24?,25?,26-/m1/s1. The average molecular weight is 665 g/mol. The summed E-state index contributed by atoms with van der Waals surface area (Å²) in [5, 5.41) is 63.6. The SMILES string of the molecule is CCCCCCCCS(=O)(=O)OC[C@H]1OC(O[C@@H]2C([NH3+])CC([NH3+])C(O[C@H]3OC(C[NH3+])[C@@H](O)[C@H](O)C3O)[C@@H]2O)[C@H](O)[C@H]([NH3+])C1O. The summed E-state index contributed by atoms with van der Waals surface area (Å²) in [4.78, 5) is 0. The van der Waals surface area contributed by atoms with Gasteiger partial charge in [0.15, 0.2) is 18.7 Å². The zero-order valence-electron chi connectivity index (χ0n) is 25.5. The van der Waals surface area contributed by atoms with E-state index < -0.39 is 108 Å². The Morgan fingerprint density at radius 1 is 0.705 bits per heavy atom. The summed E-state index contributed by atoms with van der Waals surface area (Å²) in [6.45, 7) is 1.66. The Balaban J connectivity index is 1.62. The Morgan fingerprint density at radius 3 is 1.84 bits per heavy atom. The summed E-state index contributed by atoms with van der Waals surface area (Å²) in [5.41, 5.74) is 15.5. The van der Waals surface area contributed by atoms with Crippen LogP contribution in [-0.2, 0) is 33.2 Å². The van der Waals surface area contributed by atoms with Gasteiger partial charge in [0, 0.05) is 0 Å². The Bertz CT molecular complexity index is 968. The highest BCUT2D eigenvalue weighted by Gasteiger charge is 2.54. The lowest BCUT2D eigenvalue weighted by molar-refractivity contribution is -0.525. The van der Waals surface area contributed by atoms with Crippen LogP contribution < -0.4 is 22.9 Å². The van der Waals surface area contributed by atoms with Gasteiger partial charge in [-0.3, -0.25) is 4.18 Å². The van der Waals surface area contributed by atoms with Crippen LogP contribution in [0.25, 0.3) is 0 Å². The molecule has 0 aromatic rings. The van der Waals surface area contributed by atoms with Crippen molar-refractivity contribution in [2.75, 3.05) is 18.9 Å². The monoisotopic (exact) mass is 664 g/mol. The number of hydrogen-bond donors (Lipinski definition) is 10. The Morgan fingerprint density at radius 2 is 1.25 bits per heavy atom. The first kappa shape index (κ1) is 37.8. The summed E-state index contributed by atoms with van der Waals surface area (Å²) < 4.78 is 53.3. The molecular formula is C26H56N4O13S+4. The number of quaternary nitrogens is 4. The van der Waals surface area contributed by atoms with Gasteiger partial charge in [0.05, 0.1) is 18.8 Å². The fraction of sp³-hybridized carbons (Fsp3) is 1.00. The molecule has 0 aromatic carbocycles.